The van der Waals surface area contributed by atoms with E-state index < -0.39 is 0 Å². The number of amides is 1. The molecule has 5 nitrogen and oxygen atoms in total. The number of carbonyl (C=O) groups is 1. The average Bonchev–Trinajstić information content (AvgIpc) is 2.72. The Kier molecular flexibility index (Phi) is 5.34. The van der Waals surface area contributed by atoms with Gasteiger partial charge in [0, 0.05) is 36.9 Å². The molecule has 0 bridgehead atoms. The van der Waals surface area contributed by atoms with Gasteiger partial charge in [0.05, 0.1) is 12.2 Å². The van der Waals surface area contributed by atoms with Gasteiger partial charge in [-0.25, -0.2) is 4.98 Å². The fourth-order valence-corrected chi connectivity index (χ4v) is 1.89. The summed E-state index contributed by atoms with van der Waals surface area (Å²) < 4.78 is 2.07. The Morgan fingerprint density at radius 3 is 2.61 bits per heavy atom. The van der Waals surface area contributed by atoms with E-state index in [0.29, 0.717) is 19.0 Å². The van der Waals surface area contributed by atoms with Crippen molar-refractivity contribution in [1.29, 1.82) is 0 Å². The molecule has 5 heteroatoms. The lowest BCUT2D eigenvalue weighted by atomic mass is 10.0. The fraction of sp³-hybridized carbons (Fsp3) is 0.692. The number of imidazole rings is 1. The average molecular weight is 252 g/mol. The van der Waals surface area contributed by atoms with Gasteiger partial charge in [-0.3, -0.25) is 4.79 Å². The van der Waals surface area contributed by atoms with Crippen molar-refractivity contribution < 1.29 is 4.79 Å². The minimum atomic E-state index is -0.193. The number of carbonyl (C=O) groups excluding carboxylic acids is 1. The van der Waals surface area contributed by atoms with Crippen LogP contribution in [0.4, 0.5) is 0 Å². The van der Waals surface area contributed by atoms with Gasteiger partial charge in [0.2, 0.25) is 5.91 Å². The summed E-state index contributed by atoms with van der Waals surface area (Å²) in [7, 11) is 0. The first kappa shape index (κ1) is 14.7. The summed E-state index contributed by atoms with van der Waals surface area (Å²) in [5, 5.41) is 2.91. The van der Waals surface area contributed by atoms with Gasteiger partial charge in [0.1, 0.15) is 0 Å². The number of nitrogens with one attached hydrogen (secondary N) is 1. The molecule has 0 saturated heterocycles. The molecular weight excluding hydrogens is 228 g/mol. The van der Waals surface area contributed by atoms with Crippen LogP contribution in [0.15, 0.2) is 12.5 Å². The van der Waals surface area contributed by atoms with Crippen molar-refractivity contribution in [3.8, 4) is 0 Å². The number of nitrogens with zero attached hydrogens (tertiary/aromatic N) is 2. The summed E-state index contributed by atoms with van der Waals surface area (Å²) in [6.45, 7) is 8.43. The quantitative estimate of drug-likeness (QED) is 0.796. The summed E-state index contributed by atoms with van der Waals surface area (Å²) in [6.07, 6.45) is 4.24. The molecule has 0 aromatic carbocycles. The van der Waals surface area contributed by atoms with Crippen LogP contribution in [0.3, 0.4) is 0 Å². The molecule has 1 amide bonds. The lowest BCUT2D eigenvalue weighted by molar-refractivity contribution is -0.125. The zero-order chi connectivity index (χ0) is 13.7. The number of rotatable bonds is 6. The summed E-state index contributed by atoms with van der Waals surface area (Å²) in [6, 6.07) is 0.482. The molecule has 1 heterocycles. The molecule has 1 atom stereocenters. The Balaban J connectivity index is 2.73. The van der Waals surface area contributed by atoms with Crippen molar-refractivity contribution in [3.63, 3.8) is 0 Å². The molecule has 0 aliphatic heterocycles. The predicted octanol–water partition coefficient (Wildman–Crippen LogP) is 1.11. The lowest BCUT2D eigenvalue weighted by Crippen LogP contribution is -2.40. The van der Waals surface area contributed by atoms with E-state index in [1.807, 2.05) is 20.0 Å². The van der Waals surface area contributed by atoms with Crippen LogP contribution in [-0.4, -0.2) is 28.0 Å². The highest BCUT2D eigenvalue weighted by Gasteiger charge is 2.20. The third-order valence-electron chi connectivity index (χ3n) is 2.84. The summed E-state index contributed by atoms with van der Waals surface area (Å²) in [5.41, 5.74) is 6.76. The SMILES string of the molecule is CC(C)NC(=O)C(CN)Cc1cncn1C(C)C. The summed E-state index contributed by atoms with van der Waals surface area (Å²) >= 11 is 0. The van der Waals surface area contributed by atoms with Gasteiger partial charge in [0.25, 0.3) is 0 Å². The van der Waals surface area contributed by atoms with E-state index in [1.54, 1.807) is 6.33 Å². The van der Waals surface area contributed by atoms with Crippen LogP contribution >= 0.6 is 0 Å². The van der Waals surface area contributed by atoms with E-state index in [-0.39, 0.29) is 17.9 Å². The van der Waals surface area contributed by atoms with Crippen molar-refractivity contribution in [2.75, 3.05) is 6.54 Å². The van der Waals surface area contributed by atoms with Crippen molar-refractivity contribution in [2.24, 2.45) is 11.7 Å². The van der Waals surface area contributed by atoms with E-state index in [1.165, 1.54) is 0 Å². The largest absolute Gasteiger partial charge is 0.354 e. The first-order valence-electron chi connectivity index (χ1n) is 6.46. The molecule has 0 fully saturated rings. The Labute approximate surface area is 109 Å². The van der Waals surface area contributed by atoms with Crippen LogP contribution in [0.1, 0.15) is 39.4 Å². The summed E-state index contributed by atoms with van der Waals surface area (Å²) in [4.78, 5) is 16.1. The molecule has 0 radical (unpaired) electrons. The zero-order valence-corrected chi connectivity index (χ0v) is 11.7. The van der Waals surface area contributed by atoms with Crippen molar-refractivity contribution in [3.05, 3.63) is 18.2 Å². The molecule has 0 spiro atoms. The first-order chi connectivity index (χ1) is 8.45. The molecule has 3 N–H and O–H groups in total. The molecule has 1 unspecified atom stereocenters. The van der Waals surface area contributed by atoms with E-state index in [2.05, 4.69) is 28.7 Å². The molecule has 0 saturated carbocycles. The minimum absolute atomic E-state index is 0.0176. The number of aromatic nitrogens is 2. The van der Waals surface area contributed by atoms with E-state index in [9.17, 15) is 4.79 Å². The van der Waals surface area contributed by atoms with Gasteiger partial charge in [0.15, 0.2) is 0 Å². The highest BCUT2D eigenvalue weighted by molar-refractivity contribution is 5.79. The fourth-order valence-electron chi connectivity index (χ4n) is 1.89. The second-order valence-electron chi connectivity index (χ2n) is 5.19. The van der Waals surface area contributed by atoms with Gasteiger partial charge in [-0.15, -0.1) is 0 Å². The minimum Gasteiger partial charge on any atom is -0.354 e. The Bertz CT molecular complexity index is 384. The second kappa shape index (κ2) is 6.54. The van der Waals surface area contributed by atoms with Crippen LogP contribution in [0.25, 0.3) is 0 Å². The standard InChI is InChI=1S/C13H24N4O/c1-9(2)16-13(18)11(6-14)5-12-7-15-8-17(12)10(3)4/h7-11H,5-6,14H2,1-4H3,(H,16,18). The van der Waals surface area contributed by atoms with E-state index in [0.717, 1.165) is 5.69 Å². The van der Waals surface area contributed by atoms with Gasteiger partial charge < -0.3 is 15.6 Å². The maximum atomic E-state index is 12.0. The maximum absolute atomic E-state index is 12.0. The smallest absolute Gasteiger partial charge is 0.224 e. The van der Waals surface area contributed by atoms with Crippen molar-refractivity contribution >= 4 is 5.91 Å². The van der Waals surface area contributed by atoms with Crippen LogP contribution in [0.2, 0.25) is 0 Å². The Hall–Kier alpha value is -1.36. The third kappa shape index (κ3) is 3.84. The molecule has 1 rings (SSSR count). The third-order valence-corrected chi connectivity index (χ3v) is 2.84. The topological polar surface area (TPSA) is 72.9 Å². The first-order valence-corrected chi connectivity index (χ1v) is 6.46. The van der Waals surface area contributed by atoms with E-state index in [4.69, 9.17) is 5.73 Å². The highest BCUT2D eigenvalue weighted by Crippen LogP contribution is 2.13. The van der Waals surface area contributed by atoms with Crippen LogP contribution in [-0.2, 0) is 11.2 Å². The maximum Gasteiger partial charge on any atom is 0.224 e. The molecule has 1 aromatic heterocycles. The summed E-state index contributed by atoms with van der Waals surface area (Å²) in [5.74, 6) is -0.175. The molecular formula is C13H24N4O. The highest BCUT2D eigenvalue weighted by atomic mass is 16.1. The second-order valence-corrected chi connectivity index (χ2v) is 5.19. The predicted molar refractivity (Wildman–Crippen MR) is 72.1 cm³/mol. The van der Waals surface area contributed by atoms with Gasteiger partial charge in [-0.2, -0.15) is 0 Å². The molecule has 0 aliphatic rings. The number of hydrogen-bond acceptors (Lipinski definition) is 3. The number of nitrogens with two attached hydrogens (primary N) is 1. The molecule has 18 heavy (non-hydrogen) atoms. The monoisotopic (exact) mass is 252 g/mol. The van der Waals surface area contributed by atoms with Gasteiger partial charge in [-0.1, -0.05) is 0 Å². The normalized spacial score (nSPS) is 13.1. The van der Waals surface area contributed by atoms with Gasteiger partial charge >= 0.3 is 0 Å². The Morgan fingerprint density at radius 2 is 2.11 bits per heavy atom. The lowest BCUT2D eigenvalue weighted by Gasteiger charge is -2.18. The van der Waals surface area contributed by atoms with Crippen molar-refractivity contribution in [1.82, 2.24) is 14.9 Å². The van der Waals surface area contributed by atoms with Gasteiger partial charge in [-0.05, 0) is 27.7 Å². The van der Waals surface area contributed by atoms with Crippen LogP contribution < -0.4 is 11.1 Å². The van der Waals surface area contributed by atoms with Crippen LogP contribution in [0.5, 0.6) is 0 Å². The van der Waals surface area contributed by atoms with Crippen LogP contribution in [0, 0.1) is 5.92 Å². The zero-order valence-electron chi connectivity index (χ0n) is 11.7. The molecule has 102 valence electrons. The number of hydrogen-bond donors (Lipinski definition) is 2. The van der Waals surface area contributed by atoms with Crippen molar-refractivity contribution in [2.45, 2.75) is 46.2 Å². The molecule has 0 aliphatic carbocycles. The molecule has 1 aromatic rings. The Morgan fingerprint density at radius 1 is 1.44 bits per heavy atom. The van der Waals surface area contributed by atoms with E-state index >= 15 is 0 Å².